The second-order valence-electron chi connectivity index (χ2n) is 6.90. The molecule has 6 heteroatoms. The minimum Gasteiger partial charge on any atom is -0.472 e. The maximum atomic E-state index is 12.4. The van der Waals surface area contributed by atoms with Gasteiger partial charge in [0.1, 0.15) is 11.3 Å². The standard InChI is InChI=1S/C22H15Cl2NO3/c1-12-20-13(10-25(11-27-20)16-8-14(23)7-15(24)9-16)6-19-17-4-2-3-5-18(17)22(26)28-21(12)19/h2-9H,10-11H2,1H3. The fourth-order valence-electron chi connectivity index (χ4n) is 3.83. The van der Waals surface area contributed by atoms with E-state index in [-0.39, 0.29) is 5.63 Å². The highest BCUT2D eigenvalue weighted by atomic mass is 35.5. The first-order valence-corrected chi connectivity index (χ1v) is 9.59. The summed E-state index contributed by atoms with van der Waals surface area (Å²) in [7, 11) is 0. The second kappa shape index (κ2) is 6.43. The summed E-state index contributed by atoms with van der Waals surface area (Å²) in [5.41, 5.74) is 2.98. The van der Waals surface area contributed by atoms with Crippen molar-refractivity contribution in [1.82, 2.24) is 0 Å². The summed E-state index contributed by atoms with van der Waals surface area (Å²) >= 11 is 12.3. The van der Waals surface area contributed by atoms with Crippen LogP contribution < -0.4 is 15.3 Å². The molecule has 4 aromatic rings. The van der Waals surface area contributed by atoms with Gasteiger partial charge >= 0.3 is 5.63 Å². The number of benzene rings is 3. The Hall–Kier alpha value is -2.69. The van der Waals surface area contributed by atoms with Gasteiger partial charge in [-0.2, -0.15) is 0 Å². The van der Waals surface area contributed by atoms with Crippen LogP contribution in [0.3, 0.4) is 0 Å². The Kier molecular flexibility index (Phi) is 4.00. The van der Waals surface area contributed by atoms with Gasteiger partial charge in [0.2, 0.25) is 0 Å². The molecule has 0 atom stereocenters. The summed E-state index contributed by atoms with van der Waals surface area (Å²) < 4.78 is 11.7. The van der Waals surface area contributed by atoms with E-state index in [4.69, 9.17) is 32.4 Å². The van der Waals surface area contributed by atoms with Crippen LogP contribution in [0.2, 0.25) is 10.0 Å². The van der Waals surface area contributed by atoms with Crippen LogP contribution >= 0.6 is 23.2 Å². The molecule has 0 N–H and O–H groups in total. The number of nitrogens with zero attached hydrogens (tertiary/aromatic N) is 1. The molecule has 0 aliphatic carbocycles. The Morgan fingerprint density at radius 1 is 0.964 bits per heavy atom. The van der Waals surface area contributed by atoms with Gasteiger partial charge in [0.05, 0.1) is 5.39 Å². The van der Waals surface area contributed by atoms with Crippen LogP contribution in [0.25, 0.3) is 21.7 Å². The SMILES string of the molecule is Cc1c2c(cc3c1oc(=O)c1ccccc13)CN(c1cc(Cl)cc(Cl)c1)CO2. The lowest BCUT2D eigenvalue weighted by Crippen LogP contribution is -2.32. The molecule has 0 spiro atoms. The summed E-state index contributed by atoms with van der Waals surface area (Å²) in [5.74, 6) is 0.760. The van der Waals surface area contributed by atoms with Gasteiger partial charge in [-0.3, -0.25) is 0 Å². The van der Waals surface area contributed by atoms with E-state index in [1.54, 1.807) is 12.1 Å². The molecule has 0 saturated heterocycles. The third-order valence-corrected chi connectivity index (χ3v) is 5.54. The average molecular weight is 412 g/mol. The molecule has 28 heavy (non-hydrogen) atoms. The van der Waals surface area contributed by atoms with Crippen LogP contribution in [0.15, 0.2) is 57.7 Å². The molecular formula is C22H15Cl2NO3. The van der Waals surface area contributed by atoms with E-state index in [1.165, 1.54) is 0 Å². The Morgan fingerprint density at radius 3 is 2.43 bits per heavy atom. The summed E-state index contributed by atoms with van der Waals surface area (Å²) in [4.78, 5) is 14.4. The number of rotatable bonds is 1. The molecule has 1 aromatic heterocycles. The minimum absolute atomic E-state index is 0.336. The first-order valence-electron chi connectivity index (χ1n) is 8.83. The predicted molar refractivity (Wildman–Crippen MR) is 113 cm³/mol. The molecule has 0 amide bonds. The highest BCUT2D eigenvalue weighted by molar-refractivity contribution is 6.35. The first-order chi connectivity index (χ1) is 13.5. The van der Waals surface area contributed by atoms with Gasteiger partial charge in [-0.05, 0) is 42.6 Å². The van der Waals surface area contributed by atoms with Crippen LogP contribution in [0, 0.1) is 6.92 Å². The van der Waals surface area contributed by atoms with Gasteiger partial charge in [0.15, 0.2) is 6.73 Å². The van der Waals surface area contributed by atoms with Gasteiger partial charge in [-0.15, -0.1) is 0 Å². The Balaban J connectivity index is 1.69. The molecule has 2 heterocycles. The molecule has 0 saturated carbocycles. The fourth-order valence-corrected chi connectivity index (χ4v) is 4.34. The largest absolute Gasteiger partial charge is 0.472 e. The Morgan fingerprint density at radius 2 is 1.68 bits per heavy atom. The highest BCUT2D eigenvalue weighted by Gasteiger charge is 2.23. The molecule has 140 valence electrons. The molecule has 1 aliphatic rings. The van der Waals surface area contributed by atoms with Gasteiger partial charge in [-0.25, -0.2) is 4.79 Å². The number of hydrogen-bond acceptors (Lipinski definition) is 4. The van der Waals surface area contributed by atoms with Gasteiger partial charge in [0.25, 0.3) is 0 Å². The highest BCUT2D eigenvalue weighted by Crippen LogP contribution is 2.38. The Bertz CT molecular complexity index is 1290. The lowest BCUT2D eigenvalue weighted by molar-refractivity contribution is 0.287. The summed E-state index contributed by atoms with van der Waals surface area (Å²) in [6, 6.07) is 15.0. The van der Waals surface area contributed by atoms with E-state index in [0.717, 1.165) is 33.3 Å². The van der Waals surface area contributed by atoms with Crippen LogP contribution in [0.5, 0.6) is 5.75 Å². The number of aryl methyl sites for hydroxylation is 1. The van der Waals surface area contributed by atoms with Crippen LogP contribution in [0.1, 0.15) is 11.1 Å². The lowest BCUT2D eigenvalue weighted by Gasteiger charge is -2.32. The van der Waals surface area contributed by atoms with Crippen molar-refractivity contribution >= 4 is 50.6 Å². The van der Waals surface area contributed by atoms with Crippen molar-refractivity contribution in [3.8, 4) is 5.75 Å². The van der Waals surface area contributed by atoms with Crippen molar-refractivity contribution in [2.45, 2.75) is 13.5 Å². The summed E-state index contributed by atoms with van der Waals surface area (Å²) in [6.07, 6.45) is 0. The monoisotopic (exact) mass is 411 g/mol. The molecular weight excluding hydrogens is 397 g/mol. The van der Waals surface area contributed by atoms with E-state index >= 15 is 0 Å². The zero-order chi connectivity index (χ0) is 19.4. The van der Waals surface area contributed by atoms with Crippen molar-refractivity contribution in [1.29, 1.82) is 0 Å². The fraction of sp³-hybridized carbons (Fsp3) is 0.136. The number of ether oxygens (including phenoxy) is 1. The molecule has 0 radical (unpaired) electrons. The topological polar surface area (TPSA) is 42.7 Å². The third kappa shape index (κ3) is 2.72. The van der Waals surface area contributed by atoms with Crippen molar-refractivity contribution in [2.24, 2.45) is 0 Å². The lowest BCUT2D eigenvalue weighted by atomic mass is 10.00. The zero-order valence-corrected chi connectivity index (χ0v) is 16.5. The minimum atomic E-state index is -0.336. The molecule has 0 fully saturated rings. The van der Waals surface area contributed by atoms with Crippen LogP contribution in [-0.4, -0.2) is 6.73 Å². The van der Waals surface area contributed by atoms with Crippen molar-refractivity contribution in [3.63, 3.8) is 0 Å². The second-order valence-corrected chi connectivity index (χ2v) is 7.77. The van der Waals surface area contributed by atoms with E-state index in [1.807, 2.05) is 43.3 Å². The predicted octanol–water partition coefficient (Wildman–Crippen LogP) is 5.92. The van der Waals surface area contributed by atoms with Crippen molar-refractivity contribution in [3.05, 3.63) is 80.1 Å². The molecule has 0 unspecified atom stereocenters. The van der Waals surface area contributed by atoms with Gasteiger partial charge in [-0.1, -0.05) is 41.4 Å². The molecule has 3 aromatic carbocycles. The number of halogens is 2. The van der Waals surface area contributed by atoms with Crippen LogP contribution in [-0.2, 0) is 6.54 Å². The molecule has 5 rings (SSSR count). The normalized spacial score (nSPS) is 13.6. The van der Waals surface area contributed by atoms with Gasteiger partial charge < -0.3 is 14.1 Å². The summed E-state index contributed by atoms with van der Waals surface area (Å²) in [5, 5.41) is 3.51. The van der Waals surface area contributed by atoms with Crippen LogP contribution in [0.4, 0.5) is 5.69 Å². The summed E-state index contributed by atoms with van der Waals surface area (Å²) in [6.45, 7) is 2.91. The Labute approximate surface area is 170 Å². The van der Waals surface area contributed by atoms with Gasteiger partial charge in [0, 0.05) is 38.8 Å². The first kappa shape index (κ1) is 17.4. The van der Waals surface area contributed by atoms with Crippen molar-refractivity contribution in [2.75, 3.05) is 11.6 Å². The van der Waals surface area contributed by atoms with Crippen molar-refractivity contribution < 1.29 is 9.15 Å². The average Bonchev–Trinajstić information content (AvgIpc) is 2.68. The third-order valence-electron chi connectivity index (χ3n) is 5.11. The zero-order valence-electron chi connectivity index (χ0n) is 15.0. The van der Waals surface area contributed by atoms with E-state index < -0.39 is 0 Å². The maximum absolute atomic E-state index is 12.4. The number of anilines is 1. The molecule has 1 aliphatic heterocycles. The molecule has 4 nitrogen and oxygen atoms in total. The number of hydrogen-bond donors (Lipinski definition) is 0. The van der Waals surface area contributed by atoms with E-state index in [9.17, 15) is 4.79 Å². The quantitative estimate of drug-likeness (QED) is 0.288. The smallest absolute Gasteiger partial charge is 0.344 e. The number of fused-ring (bicyclic) bond motifs is 4. The maximum Gasteiger partial charge on any atom is 0.344 e. The van der Waals surface area contributed by atoms with E-state index in [2.05, 4.69) is 4.90 Å². The molecule has 0 bridgehead atoms. The van der Waals surface area contributed by atoms with E-state index in [0.29, 0.717) is 34.3 Å².